The van der Waals surface area contributed by atoms with Crippen molar-refractivity contribution in [1.82, 2.24) is 9.80 Å². The van der Waals surface area contributed by atoms with Crippen LogP contribution in [0.4, 0.5) is 0 Å². The van der Waals surface area contributed by atoms with Crippen molar-refractivity contribution in [1.29, 1.82) is 0 Å². The van der Waals surface area contributed by atoms with Crippen molar-refractivity contribution in [3.8, 4) is 0 Å². The lowest BCUT2D eigenvalue weighted by Crippen LogP contribution is -2.49. The number of ether oxygens (including phenoxy) is 1. The van der Waals surface area contributed by atoms with Gasteiger partial charge < -0.3 is 9.64 Å². The number of nitrogens with zero attached hydrogens (tertiary/aromatic N) is 2. The highest BCUT2D eigenvalue weighted by Gasteiger charge is 2.20. The van der Waals surface area contributed by atoms with Crippen LogP contribution in [0.15, 0.2) is 0 Å². The average molecular weight is 228 g/mol. The first kappa shape index (κ1) is 13.5. The van der Waals surface area contributed by atoms with E-state index in [4.69, 9.17) is 4.74 Å². The minimum Gasteiger partial charge on any atom is -0.375 e. The molecule has 1 fully saturated rings. The lowest BCUT2D eigenvalue weighted by Gasteiger charge is -2.35. The Bertz CT molecular complexity index is 223. The molecule has 0 aromatic carbocycles. The SMILES string of the molecule is CC(=O)N1CCN(CC(C)OC(C)C)CC1. The summed E-state index contributed by atoms with van der Waals surface area (Å²) in [5.74, 6) is 0.186. The van der Waals surface area contributed by atoms with E-state index in [0.717, 1.165) is 32.7 Å². The third kappa shape index (κ3) is 4.49. The van der Waals surface area contributed by atoms with E-state index >= 15 is 0 Å². The van der Waals surface area contributed by atoms with Gasteiger partial charge in [-0.25, -0.2) is 0 Å². The fraction of sp³-hybridized carbons (Fsp3) is 0.917. The Morgan fingerprint density at radius 2 is 1.75 bits per heavy atom. The molecule has 1 rings (SSSR count). The van der Waals surface area contributed by atoms with Gasteiger partial charge in [-0.1, -0.05) is 0 Å². The fourth-order valence-electron chi connectivity index (χ4n) is 2.12. The molecule has 1 unspecified atom stereocenters. The van der Waals surface area contributed by atoms with Gasteiger partial charge in [0.2, 0.25) is 5.91 Å². The van der Waals surface area contributed by atoms with Crippen LogP contribution in [0.5, 0.6) is 0 Å². The Kier molecular flexibility index (Phi) is 5.22. The molecule has 0 aromatic heterocycles. The molecule has 1 saturated heterocycles. The maximum Gasteiger partial charge on any atom is 0.219 e. The van der Waals surface area contributed by atoms with E-state index < -0.39 is 0 Å². The van der Waals surface area contributed by atoms with E-state index in [1.54, 1.807) is 6.92 Å². The van der Waals surface area contributed by atoms with Crippen LogP contribution < -0.4 is 0 Å². The zero-order chi connectivity index (χ0) is 12.1. The normalized spacial score (nSPS) is 20.2. The number of carbonyl (C=O) groups is 1. The topological polar surface area (TPSA) is 32.8 Å². The number of piperazine rings is 1. The standard InChI is InChI=1S/C12H24N2O2/c1-10(2)16-11(3)9-13-5-7-14(8-6-13)12(4)15/h10-11H,5-9H2,1-4H3. The third-order valence-corrected chi connectivity index (χ3v) is 2.84. The van der Waals surface area contributed by atoms with Gasteiger partial charge in [0, 0.05) is 39.6 Å². The zero-order valence-corrected chi connectivity index (χ0v) is 10.9. The first-order valence-electron chi connectivity index (χ1n) is 6.12. The second kappa shape index (κ2) is 6.21. The van der Waals surface area contributed by atoms with Gasteiger partial charge in [0.1, 0.15) is 0 Å². The molecule has 0 bridgehead atoms. The smallest absolute Gasteiger partial charge is 0.219 e. The van der Waals surface area contributed by atoms with Gasteiger partial charge in [0.15, 0.2) is 0 Å². The predicted octanol–water partition coefficient (Wildman–Crippen LogP) is 0.964. The molecular formula is C12H24N2O2. The van der Waals surface area contributed by atoms with Crippen molar-refractivity contribution in [2.24, 2.45) is 0 Å². The van der Waals surface area contributed by atoms with Crippen LogP contribution in [0.1, 0.15) is 27.7 Å². The summed E-state index contributed by atoms with van der Waals surface area (Å²) in [4.78, 5) is 15.4. The average Bonchev–Trinajstić information content (AvgIpc) is 2.16. The fourth-order valence-corrected chi connectivity index (χ4v) is 2.12. The molecule has 0 spiro atoms. The van der Waals surface area contributed by atoms with Gasteiger partial charge in [-0.05, 0) is 20.8 Å². The maximum absolute atomic E-state index is 11.2. The number of hydrogen-bond acceptors (Lipinski definition) is 3. The first-order valence-corrected chi connectivity index (χ1v) is 6.12. The van der Waals surface area contributed by atoms with Gasteiger partial charge in [0.25, 0.3) is 0 Å². The van der Waals surface area contributed by atoms with E-state index in [9.17, 15) is 4.79 Å². The highest BCUT2D eigenvalue weighted by Crippen LogP contribution is 2.05. The lowest BCUT2D eigenvalue weighted by atomic mass is 10.2. The minimum atomic E-state index is 0.186. The largest absolute Gasteiger partial charge is 0.375 e. The molecule has 4 heteroatoms. The van der Waals surface area contributed by atoms with Gasteiger partial charge in [-0.3, -0.25) is 9.69 Å². The summed E-state index contributed by atoms with van der Waals surface area (Å²) >= 11 is 0. The van der Waals surface area contributed by atoms with Crippen molar-refractivity contribution in [2.75, 3.05) is 32.7 Å². The Morgan fingerprint density at radius 3 is 2.19 bits per heavy atom. The predicted molar refractivity (Wildman–Crippen MR) is 64.4 cm³/mol. The Hall–Kier alpha value is -0.610. The van der Waals surface area contributed by atoms with Crippen molar-refractivity contribution in [3.63, 3.8) is 0 Å². The molecule has 1 heterocycles. The Balaban J connectivity index is 2.24. The van der Waals surface area contributed by atoms with E-state index in [1.807, 2.05) is 4.90 Å². The van der Waals surface area contributed by atoms with E-state index in [2.05, 4.69) is 25.7 Å². The summed E-state index contributed by atoms with van der Waals surface area (Å²) in [5.41, 5.74) is 0. The summed E-state index contributed by atoms with van der Waals surface area (Å²) in [6.07, 6.45) is 0.553. The van der Waals surface area contributed by atoms with Gasteiger partial charge in [-0.15, -0.1) is 0 Å². The molecular weight excluding hydrogens is 204 g/mol. The molecule has 1 aliphatic rings. The first-order chi connectivity index (χ1) is 7.49. The van der Waals surface area contributed by atoms with Crippen LogP contribution in [0.3, 0.4) is 0 Å². The second-order valence-corrected chi connectivity index (χ2v) is 4.80. The minimum absolute atomic E-state index is 0.186. The molecule has 0 N–H and O–H groups in total. The molecule has 0 radical (unpaired) electrons. The zero-order valence-electron chi connectivity index (χ0n) is 10.9. The van der Waals surface area contributed by atoms with Crippen LogP contribution in [0.25, 0.3) is 0 Å². The highest BCUT2D eigenvalue weighted by molar-refractivity contribution is 5.73. The molecule has 0 aliphatic carbocycles. The lowest BCUT2D eigenvalue weighted by molar-refractivity contribution is -0.130. The highest BCUT2D eigenvalue weighted by atomic mass is 16.5. The van der Waals surface area contributed by atoms with Crippen molar-refractivity contribution < 1.29 is 9.53 Å². The van der Waals surface area contributed by atoms with E-state index in [0.29, 0.717) is 0 Å². The van der Waals surface area contributed by atoms with E-state index in [1.165, 1.54) is 0 Å². The molecule has 94 valence electrons. The summed E-state index contributed by atoms with van der Waals surface area (Å²) in [5, 5.41) is 0. The van der Waals surface area contributed by atoms with Crippen LogP contribution in [0.2, 0.25) is 0 Å². The summed E-state index contributed by atoms with van der Waals surface area (Å²) < 4.78 is 5.70. The number of rotatable bonds is 4. The van der Waals surface area contributed by atoms with Crippen molar-refractivity contribution in [2.45, 2.75) is 39.9 Å². The van der Waals surface area contributed by atoms with Crippen LogP contribution >= 0.6 is 0 Å². The number of hydrogen-bond donors (Lipinski definition) is 0. The molecule has 0 saturated carbocycles. The van der Waals surface area contributed by atoms with Crippen molar-refractivity contribution >= 4 is 5.91 Å². The summed E-state index contributed by atoms with van der Waals surface area (Å²) in [6.45, 7) is 12.5. The Morgan fingerprint density at radius 1 is 1.19 bits per heavy atom. The maximum atomic E-state index is 11.2. The summed E-state index contributed by atoms with van der Waals surface area (Å²) in [6, 6.07) is 0. The van der Waals surface area contributed by atoms with Gasteiger partial charge in [0.05, 0.1) is 12.2 Å². The Labute approximate surface area is 98.5 Å². The van der Waals surface area contributed by atoms with Crippen LogP contribution in [0, 0.1) is 0 Å². The third-order valence-electron chi connectivity index (χ3n) is 2.84. The quantitative estimate of drug-likeness (QED) is 0.718. The number of carbonyl (C=O) groups excluding carboxylic acids is 1. The molecule has 1 atom stereocenters. The van der Waals surface area contributed by atoms with Gasteiger partial charge >= 0.3 is 0 Å². The monoisotopic (exact) mass is 228 g/mol. The molecule has 1 amide bonds. The van der Waals surface area contributed by atoms with Crippen molar-refractivity contribution in [3.05, 3.63) is 0 Å². The second-order valence-electron chi connectivity index (χ2n) is 4.80. The van der Waals surface area contributed by atoms with Crippen LogP contribution in [-0.2, 0) is 9.53 Å². The molecule has 1 aliphatic heterocycles. The molecule has 0 aromatic rings. The molecule has 16 heavy (non-hydrogen) atoms. The van der Waals surface area contributed by atoms with E-state index in [-0.39, 0.29) is 18.1 Å². The number of amides is 1. The molecule has 4 nitrogen and oxygen atoms in total. The summed E-state index contributed by atoms with van der Waals surface area (Å²) in [7, 11) is 0. The van der Waals surface area contributed by atoms with Gasteiger partial charge in [-0.2, -0.15) is 0 Å². The van der Waals surface area contributed by atoms with Crippen LogP contribution in [-0.4, -0.2) is 60.6 Å².